The fourth-order valence-electron chi connectivity index (χ4n) is 2.23. The van der Waals surface area contributed by atoms with Crippen molar-refractivity contribution in [2.24, 2.45) is 0 Å². The maximum atomic E-state index is 12.0. The zero-order chi connectivity index (χ0) is 13.8. The van der Waals surface area contributed by atoms with E-state index in [2.05, 4.69) is 5.32 Å². The van der Waals surface area contributed by atoms with E-state index in [9.17, 15) is 14.4 Å². The van der Waals surface area contributed by atoms with Crippen LogP contribution in [0.25, 0.3) is 0 Å². The van der Waals surface area contributed by atoms with Crippen LogP contribution in [-0.4, -0.2) is 28.7 Å². The van der Waals surface area contributed by atoms with Crippen LogP contribution in [0, 0.1) is 0 Å². The van der Waals surface area contributed by atoms with Crippen molar-refractivity contribution >= 4 is 17.7 Å². The fourth-order valence-corrected chi connectivity index (χ4v) is 2.23. The summed E-state index contributed by atoms with van der Waals surface area (Å²) in [6.07, 6.45) is 0.655. The van der Waals surface area contributed by atoms with Crippen LogP contribution in [-0.2, 0) is 20.9 Å². The number of imide groups is 1. The van der Waals surface area contributed by atoms with Crippen molar-refractivity contribution in [1.82, 2.24) is 10.2 Å². The van der Waals surface area contributed by atoms with Crippen molar-refractivity contribution in [2.45, 2.75) is 32.4 Å². The Morgan fingerprint density at radius 3 is 2.63 bits per heavy atom. The Kier molecular flexibility index (Phi) is 3.94. The summed E-state index contributed by atoms with van der Waals surface area (Å²) in [4.78, 5) is 36.0. The summed E-state index contributed by atoms with van der Waals surface area (Å²) in [7, 11) is 0. The molecule has 1 heterocycles. The minimum Gasteiger partial charge on any atom is -0.350 e. The maximum absolute atomic E-state index is 12.0. The van der Waals surface area contributed by atoms with Crippen LogP contribution in [0.15, 0.2) is 30.3 Å². The van der Waals surface area contributed by atoms with Gasteiger partial charge < -0.3 is 5.32 Å². The van der Waals surface area contributed by atoms with Crippen molar-refractivity contribution < 1.29 is 14.4 Å². The lowest BCUT2D eigenvalue weighted by Crippen LogP contribution is -2.46. The van der Waals surface area contributed by atoms with Crippen LogP contribution in [0.4, 0.5) is 0 Å². The maximum Gasteiger partial charge on any atom is 0.243 e. The fraction of sp³-hybridized carbons (Fsp3) is 0.357. The van der Waals surface area contributed by atoms with Crippen LogP contribution in [0.5, 0.6) is 0 Å². The van der Waals surface area contributed by atoms with Crippen LogP contribution >= 0.6 is 0 Å². The van der Waals surface area contributed by atoms with E-state index >= 15 is 0 Å². The van der Waals surface area contributed by atoms with E-state index in [1.54, 1.807) is 0 Å². The summed E-state index contributed by atoms with van der Waals surface area (Å²) < 4.78 is 0. The van der Waals surface area contributed by atoms with Crippen molar-refractivity contribution in [3.63, 3.8) is 0 Å². The second kappa shape index (κ2) is 5.65. The zero-order valence-electron chi connectivity index (χ0n) is 10.8. The first kappa shape index (κ1) is 13.3. The molecule has 2 rings (SSSR count). The molecule has 0 saturated carbocycles. The molecule has 0 spiro atoms. The van der Waals surface area contributed by atoms with E-state index < -0.39 is 6.04 Å². The molecule has 1 N–H and O–H groups in total. The topological polar surface area (TPSA) is 66.5 Å². The number of benzene rings is 1. The third-order valence-electron chi connectivity index (χ3n) is 3.16. The van der Waals surface area contributed by atoms with Crippen LogP contribution in [0.2, 0.25) is 0 Å². The number of nitrogens with zero attached hydrogens (tertiary/aromatic N) is 1. The molecule has 1 saturated heterocycles. The van der Waals surface area contributed by atoms with Gasteiger partial charge in [-0.25, -0.2) is 0 Å². The van der Waals surface area contributed by atoms with Gasteiger partial charge in [-0.2, -0.15) is 0 Å². The minimum absolute atomic E-state index is 0.253. The lowest BCUT2D eigenvalue weighted by atomic mass is 10.2. The summed E-state index contributed by atoms with van der Waals surface area (Å²) in [5.41, 5.74) is 0.981. The summed E-state index contributed by atoms with van der Waals surface area (Å²) in [5.74, 6) is -0.917. The van der Waals surface area contributed by atoms with E-state index in [4.69, 9.17) is 0 Å². The van der Waals surface area contributed by atoms with E-state index in [0.29, 0.717) is 13.0 Å². The highest BCUT2D eigenvalue weighted by molar-refractivity contribution is 6.02. The van der Waals surface area contributed by atoms with Crippen molar-refractivity contribution in [3.8, 4) is 0 Å². The lowest BCUT2D eigenvalue weighted by molar-refractivity contribution is -0.146. The molecule has 1 aliphatic rings. The standard InChI is InChI=1S/C14H16N2O3/c1-10(17)16-12(7-8-13(16)18)14(19)15-9-11-5-3-2-4-6-11/h2-6,12H,7-9H2,1H3,(H,15,19)/t12-/m0/s1. The Labute approximate surface area is 111 Å². The molecule has 5 heteroatoms. The summed E-state index contributed by atoms with van der Waals surface area (Å²) in [6.45, 7) is 1.71. The number of likely N-dealkylation sites (tertiary alicyclic amines) is 1. The highest BCUT2D eigenvalue weighted by Crippen LogP contribution is 2.19. The first-order valence-electron chi connectivity index (χ1n) is 6.24. The molecule has 100 valence electrons. The third kappa shape index (κ3) is 2.99. The molecule has 0 radical (unpaired) electrons. The molecular weight excluding hydrogens is 244 g/mol. The van der Waals surface area contributed by atoms with Gasteiger partial charge in [-0.3, -0.25) is 19.3 Å². The first-order chi connectivity index (χ1) is 9.09. The van der Waals surface area contributed by atoms with Crippen molar-refractivity contribution in [3.05, 3.63) is 35.9 Å². The van der Waals surface area contributed by atoms with E-state index in [-0.39, 0.29) is 24.1 Å². The van der Waals surface area contributed by atoms with Gasteiger partial charge in [0.05, 0.1) is 0 Å². The molecule has 1 aromatic carbocycles. The first-order valence-corrected chi connectivity index (χ1v) is 6.24. The van der Waals surface area contributed by atoms with Crippen molar-refractivity contribution in [2.75, 3.05) is 0 Å². The molecule has 19 heavy (non-hydrogen) atoms. The van der Waals surface area contributed by atoms with Crippen LogP contribution in [0.3, 0.4) is 0 Å². The molecule has 3 amide bonds. The predicted octanol–water partition coefficient (Wildman–Crippen LogP) is 0.840. The number of nitrogens with one attached hydrogen (secondary N) is 1. The zero-order valence-corrected chi connectivity index (χ0v) is 10.8. The van der Waals surface area contributed by atoms with Gasteiger partial charge in [0.15, 0.2) is 0 Å². The lowest BCUT2D eigenvalue weighted by Gasteiger charge is -2.20. The summed E-state index contributed by atoms with van der Waals surface area (Å²) in [5, 5.41) is 2.76. The quantitative estimate of drug-likeness (QED) is 0.875. The molecule has 1 aliphatic heterocycles. The molecule has 0 aliphatic carbocycles. The molecule has 5 nitrogen and oxygen atoms in total. The highest BCUT2D eigenvalue weighted by Gasteiger charge is 2.38. The van der Waals surface area contributed by atoms with E-state index in [1.165, 1.54) is 6.92 Å². The highest BCUT2D eigenvalue weighted by atomic mass is 16.2. The molecule has 0 unspecified atom stereocenters. The van der Waals surface area contributed by atoms with E-state index in [0.717, 1.165) is 10.5 Å². The second-order valence-electron chi connectivity index (χ2n) is 4.54. The molecule has 1 atom stereocenters. The normalized spacial score (nSPS) is 18.5. The van der Waals surface area contributed by atoms with Gasteiger partial charge in [-0.05, 0) is 12.0 Å². The Balaban J connectivity index is 1.96. The van der Waals surface area contributed by atoms with Gasteiger partial charge in [0, 0.05) is 19.9 Å². The molecule has 0 bridgehead atoms. The predicted molar refractivity (Wildman–Crippen MR) is 68.8 cm³/mol. The smallest absolute Gasteiger partial charge is 0.243 e. The largest absolute Gasteiger partial charge is 0.350 e. The number of hydrogen-bond donors (Lipinski definition) is 1. The molecule has 1 aromatic rings. The van der Waals surface area contributed by atoms with Gasteiger partial charge in [-0.1, -0.05) is 30.3 Å². The molecular formula is C14H16N2O3. The van der Waals surface area contributed by atoms with E-state index in [1.807, 2.05) is 30.3 Å². The average Bonchev–Trinajstić information content (AvgIpc) is 2.79. The second-order valence-corrected chi connectivity index (χ2v) is 4.54. The van der Waals surface area contributed by atoms with Gasteiger partial charge in [0.2, 0.25) is 17.7 Å². The Morgan fingerprint density at radius 1 is 1.32 bits per heavy atom. The monoisotopic (exact) mass is 260 g/mol. The van der Waals surface area contributed by atoms with Gasteiger partial charge in [0.1, 0.15) is 6.04 Å². The van der Waals surface area contributed by atoms with Crippen LogP contribution in [0.1, 0.15) is 25.3 Å². The number of carbonyl (C=O) groups is 3. The number of rotatable bonds is 3. The third-order valence-corrected chi connectivity index (χ3v) is 3.16. The summed E-state index contributed by atoms with van der Waals surface area (Å²) >= 11 is 0. The summed E-state index contributed by atoms with van der Waals surface area (Å²) in [6, 6.07) is 8.84. The number of amides is 3. The Morgan fingerprint density at radius 2 is 2.00 bits per heavy atom. The number of carbonyl (C=O) groups excluding carboxylic acids is 3. The van der Waals surface area contributed by atoms with Crippen molar-refractivity contribution in [1.29, 1.82) is 0 Å². The van der Waals surface area contributed by atoms with Gasteiger partial charge in [0.25, 0.3) is 0 Å². The molecule has 0 aromatic heterocycles. The molecule has 1 fully saturated rings. The Bertz CT molecular complexity index is 499. The number of hydrogen-bond acceptors (Lipinski definition) is 3. The Hall–Kier alpha value is -2.17. The SMILES string of the molecule is CC(=O)N1C(=O)CC[C@H]1C(=O)NCc1ccccc1. The van der Waals surface area contributed by atoms with Crippen LogP contribution < -0.4 is 5.32 Å². The average molecular weight is 260 g/mol. The van der Waals surface area contributed by atoms with Gasteiger partial charge >= 0.3 is 0 Å². The minimum atomic E-state index is -0.659. The van der Waals surface area contributed by atoms with Gasteiger partial charge in [-0.15, -0.1) is 0 Å².